The Labute approximate surface area is 181 Å². The lowest BCUT2D eigenvalue weighted by Crippen LogP contribution is -2.49. The number of rotatable bonds is 9. The summed E-state index contributed by atoms with van der Waals surface area (Å²) in [5.41, 5.74) is 1.60. The predicted molar refractivity (Wildman–Crippen MR) is 120 cm³/mol. The van der Waals surface area contributed by atoms with E-state index < -0.39 is 10.0 Å². The monoisotopic (exact) mass is 438 g/mol. The van der Waals surface area contributed by atoms with Crippen molar-refractivity contribution in [2.24, 2.45) is 5.92 Å². The quantitative estimate of drug-likeness (QED) is 0.596. The highest BCUT2D eigenvalue weighted by Crippen LogP contribution is 2.31. The molecule has 3 rings (SSSR count). The van der Waals surface area contributed by atoms with Gasteiger partial charge in [-0.1, -0.05) is 38.7 Å². The highest BCUT2D eigenvalue weighted by atomic mass is 32.2. The summed E-state index contributed by atoms with van der Waals surface area (Å²) in [6, 6.07) is 3.22. The van der Waals surface area contributed by atoms with Crippen LogP contribution in [0.3, 0.4) is 0 Å². The van der Waals surface area contributed by atoms with Crippen LogP contribution < -0.4 is 10.3 Å². The van der Waals surface area contributed by atoms with Crippen molar-refractivity contribution >= 4 is 10.0 Å². The number of nitrogens with zero attached hydrogens (tertiary/aromatic N) is 1. The second kappa shape index (κ2) is 10.4. The van der Waals surface area contributed by atoms with Crippen LogP contribution >= 0.6 is 0 Å². The Morgan fingerprint density at radius 1 is 1.13 bits per heavy atom. The first-order valence-electron chi connectivity index (χ1n) is 11.6. The van der Waals surface area contributed by atoms with E-state index in [1.54, 1.807) is 11.5 Å². The normalized spacial score (nSPS) is 27.0. The molecule has 7 heteroatoms. The fourth-order valence-corrected chi connectivity index (χ4v) is 5.87. The maximum atomic E-state index is 12.9. The Hall–Kier alpha value is -1.18. The lowest BCUT2D eigenvalue weighted by molar-refractivity contribution is -0.00746. The maximum Gasteiger partial charge on any atom is 0.254 e. The van der Waals surface area contributed by atoms with Gasteiger partial charge >= 0.3 is 0 Å². The van der Waals surface area contributed by atoms with Gasteiger partial charge < -0.3 is 9.30 Å². The minimum absolute atomic E-state index is 0.0410. The smallest absolute Gasteiger partial charge is 0.254 e. The van der Waals surface area contributed by atoms with Crippen LogP contribution in [0.25, 0.3) is 0 Å². The van der Waals surface area contributed by atoms with Gasteiger partial charge in [-0.3, -0.25) is 4.79 Å². The van der Waals surface area contributed by atoms with Crippen LogP contribution in [0, 0.1) is 12.8 Å². The third-order valence-electron chi connectivity index (χ3n) is 6.78. The molecule has 1 aromatic heterocycles. The topological polar surface area (TPSA) is 77.4 Å². The first-order valence-corrected chi connectivity index (χ1v) is 13.5. The van der Waals surface area contributed by atoms with Crippen molar-refractivity contribution in [3.05, 3.63) is 33.7 Å². The van der Waals surface area contributed by atoms with E-state index >= 15 is 0 Å². The van der Waals surface area contributed by atoms with E-state index in [0.717, 1.165) is 24.5 Å². The molecule has 30 heavy (non-hydrogen) atoms. The third kappa shape index (κ3) is 6.17. The van der Waals surface area contributed by atoms with Gasteiger partial charge in [0.25, 0.3) is 5.56 Å². The molecular formula is C23H38N2O4S. The van der Waals surface area contributed by atoms with Crippen molar-refractivity contribution in [1.29, 1.82) is 0 Å². The molecule has 0 bridgehead atoms. The largest absolute Gasteiger partial charge is 0.376 e. The molecule has 1 aromatic rings. The molecule has 2 heterocycles. The highest BCUT2D eigenvalue weighted by Gasteiger charge is 2.33. The molecule has 6 nitrogen and oxygen atoms in total. The fraction of sp³-hybridized carbons (Fsp3) is 0.783. The first-order chi connectivity index (χ1) is 14.3. The number of fused-ring (bicyclic) bond motifs is 1. The number of sulfonamides is 1. The van der Waals surface area contributed by atoms with E-state index in [1.807, 2.05) is 12.1 Å². The summed E-state index contributed by atoms with van der Waals surface area (Å²) in [4.78, 5) is 12.9. The number of nitrogens with one attached hydrogen (secondary N) is 1. The van der Waals surface area contributed by atoms with Crippen LogP contribution in [0.1, 0.15) is 82.0 Å². The summed E-state index contributed by atoms with van der Waals surface area (Å²) < 4.78 is 34.7. The lowest BCUT2D eigenvalue weighted by atomic mass is 9.84. The number of unbranched alkanes of at least 4 members (excludes halogenated alkanes) is 2. The van der Waals surface area contributed by atoms with Gasteiger partial charge in [0.05, 0.1) is 25.0 Å². The molecule has 1 N–H and O–H groups in total. The van der Waals surface area contributed by atoms with Crippen molar-refractivity contribution in [3.8, 4) is 0 Å². The molecule has 0 aromatic carbocycles. The molecular weight excluding hydrogens is 400 g/mol. The summed E-state index contributed by atoms with van der Waals surface area (Å²) in [6.07, 6.45) is 12.5. The van der Waals surface area contributed by atoms with E-state index in [0.29, 0.717) is 25.0 Å². The summed E-state index contributed by atoms with van der Waals surface area (Å²) in [5, 5.41) is 0. The van der Waals surface area contributed by atoms with Crippen LogP contribution in [-0.2, 0) is 21.2 Å². The molecule has 1 saturated carbocycles. The predicted octanol–water partition coefficient (Wildman–Crippen LogP) is 3.72. The van der Waals surface area contributed by atoms with Crippen LogP contribution in [-0.4, -0.2) is 38.0 Å². The van der Waals surface area contributed by atoms with Gasteiger partial charge in [0, 0.05) is 17.3 Å². The van der Waals surface area contributed by atoms with Crippen molar-refractivity contribution in [2.45, 2.75) is 96.2 Å². The summed E-state index contributed by atoms with van der Waals surface area (Å²) in [7, 11) is -3.36. The van der Waals surface area contributed by atoms with Crippen LogP contribution in [0.5, 0.6) is 0 Å². The van der Waals surface area contributed by atoms with Gasteiger partial charge in [0.2, 0.25) is 10.0 Å². The molecule has 170 valence electrons. The number of pyridine rings is 1. The molecule has 0 saturated heterocycles. The molecule has 0 spiro atoms. The zero-order valence-corrected chi connectivity index (χ0v) is 19.5. The van der Waals surface area contributed by atoms with Gasteiger partial charge in [-0.15, -0.1) is 0 Å². The molecule has 0 amide bonds. The minimum atomic E-state index is -3.36. The molecule has 2 atom stereocenters. The molecule has 2 aliphatic rings. The van der Waals surface area contributed by atoms with Crippen molar-refractivity contribution in [1.82, 2.24) is 9.29 Å². The second-order valence-corrected chi connectivity index (χ2v) is 11.0. The molecule has 1 aliphatic heterocycles. The highest BCUT2D eigenvalue weighted by molar-refractivity contribution is 7.88. The Morgan fingerprint density at radius 3 is 2.53 bits per heavy atom. The number of hydrogen-bond donors (Lipinski definition) is 1. The Morgan fingerprint density at radius 2 is 1.87 bits per heavy atom. The van der Waals surface area contributed by atoms with Crippen LogP contribution in [0.4, 0.5) is 0 Å². The molecule has 1 fully saturated rings. The van der Waals surface area contributed by atoms with Gasteiger partial charge in [-0.25, -0.2) is 13.1 Å². The average Bonchev–Trinajstić information content (AvgIpc) is 2.70. The number of hydrogen-bond acceptors (Lipinski definition) is 4. The lowest BCUT2D eigenvalue weighted by Gasteiger charge is -2.37. The van der Waals surface area contributed by atoms with Gasteiger partial charge in [-0.05, 0) is 57.4 Å². The van der Waals surface area contributed by atoms with Gasteiger partial charge in [-0.2, -0.15) is 0 Å². The van der Waals surface area contributed by atoms with E-state index in [4.69, 9.17) is 4.74 Å². The molecule has 1 aliphatic carbocycles. The Kier molecular flexibility index (Phi) is 8.16. The SMILES string of the molecule is CCCCCC1CCC(OCC2C(NS(C)(=O)=O)CCc3ccc(C)c(=O)n32)CC1. The average molecular weight is 439 g/mol. The van der Waals surface area contributed by atoms with E-state index in [1.165, 1.54) is 44.8 Å². The van der Waals surface area contributed by atoms with E-state index in [9.17, 15) is 13.2 Å². The Balaban J connectivity index is 1.66. The zero-order valence-electron chi connectivity index (χ0n) is 18.7. The second-order valence-electron chi connectivity index (χ2n) is 9.26. The molecule has 2 unspecified atom stereocenters. The fourth-order valence-electron chi connectivity index (χ4n) is 5.04. The van der Waals surface area contributed by atoms with E-state index in [-0.39, 0.29) is 23.7 Å². The first kappa shape index (κ1) is 23.5. The standard InChI is InChI=1S/C23H38N2O4S/c1-4-5-6-7-18-9-13-20(14-10-18)29-16-22-21(24-30(3,27)28)15-12-19-11-8-17(2)23(26)25(19)22/h8,11,18,20-22,24H,4-7,9-10,12-16H2,1-3H3. The maximum absolute atomic E-state index is 12.9. The minimum Gasteiger partial charge on any atom is -0.376 e. The third-order valence-corrected chi connectivity index (χ3v) is 7.51. The van der Waals surface area contributed by atoms with Crippen molar-refractivity contribution < 1.29 is 13.2 Å². The van der Waals surface area contributed by atoms with Crippen LogP contribution in [0.15, 0.2) is 16.9 Å². The summed E-state index contributed by atoms with van der Waals surface area (Å²) in [6.45, 7) is 4.42. The number of aromatic nitrogens is 1. The van der Waals surface area contributed by atoms with Crippen LogP contribution in [0.2, 0.25) is 0 Å². The zero-order chi connectivity index (χ0) is 21.7. The van der Waals surface area contributed by atoms with E-state index in [2.05, 4.69) is 11.6 Å². The van der Waals surface area contributed by atoms with Gasteiger partial charge in [0.1, 0.15) is 0 Å². The molecule has 0 radical (unpaired) electrons. The van der Waals surface area contributed by atoms with Crippen molar-refractivity contribution in [2.75, 3.05) is 12.9 Å². The summed E-state index contributed by atoms with van der Waals surface area (Å²) in [5.74, 6) is 0.816. The summed E-state index contributed by atoms with van der Waals surface area (Å²) >= 11 is 0. The van der Waals surface area contributed by atoms with Crippen molar-refractivity contribution in [3.63, 3.8) is 0 Å². The number of aryl methyl sites for hydroxylation is 2. The Bertz CT molecular complexity index is 856. The van der Waals surface area contributed by atoms with Gasteiger partial charge in [0.15, 0.2) is 0 Å². The number of ether oxygens (including phenoxy) is 1.